The van der Waals surface area contributed by atoms with Gasteiger partial charge in [-0.05, 0) is 97.4 Å². The van der Waals surface area contributed by atoms with Gasteiger partial charge in [-0.1, -0.05) is 65.3 Å². The fourth-order valence-electron chi connectivity index (χ4n) is 8.04. The molecular formula is C47H48Cl2N12O5. The molecule has 19 heteroatoms. The molecule has 17 nitrogen and oxygen atoms in total. The molecule has 3 aromatic heterocycles. The van der Waals surface area contributed by atoms with Gasteiger partial charge in [-0.2, -0.15) is 10.2 Å². The predicted octanol–water partition coefficient (Wildman–Crippen LogP) is 7.26. The van der Waals surface area contributed by atoms with Gasteiger partial charge in [0.2, 0.25) is 5.79 Å². The molecule has 3 aliphatic heterocycles. The van der Waals surface area contributed by atoms with Crippen molar-refractivity contribution in [1.82, 2.24) is 49.6 Å². The zero-order valence-corrected chi connectivity index (χ0v) is 37.8. The molecule has 0 radical (unpaired) electrons. The number of nitrogens with one attached hydrogen (secondary N) is 1. The van der Waals surface area contributed by atoms with E-state index in [1.165, 1.54) is 11.0 Å². The Balaban J connectivity index is 0.000000268. The molecule has 10 rings (SSSR count). The molecule has 0 spiro atoms. The van der Waals surface area contributed by atoms with Crippen molar-refractivity contribution >= 4 is 51.3 Å². The second-order valence-electron chi connectivity index (χ2n) is 15.9. The number of nitrogens with zero attached hydrogens (tertiary/aromatic N) is 11. The summed E-state index contributed by atoms with van der Waals surface area (Å²) >= 11 is 12.7. The van der Waals surface area contributed by atoms with E-state index >= 15 is 0 Å². The Labute approximate surface area is 390 Å². The first-order valence-electron chi connectivity index (χ1n) is 21.6. The largest absolute Gasteiger partial charge is 0.491 e. The third kappa shape index (κ3) is 9.55. The lowest BCUT2D eigenvalue weighted by molar-refractivity contribution is -0.190. The highest BCUT2D eigenvalue weighted by atomic mass is 35.5. The van der Waals surface area contributed by atoms with Crippen molar-refractivity contribution in [3.05, 3.63) is 166 Å². The number of hydrogen-bond acceptors (Lipinski definition) is 13. The van der Waals surface area contributed by atoms with E-state index in [4.69, 9.17) is 37.4 Å². The number of aromatic nitrogens is 9. The first-order valence-corrected chi connectivity index (χ1v) is 22.4. The molecule has 3 aliphatic rings. The molecule has 0 saturated carbocycles. The Bertz CT molecular complexity index is 2910. The lowest BCUT2D eigenvalue weighted by atomic mass is 10.1. The number of anilines is 2. The minimum Gasteiger partial charge on any atom is -0.491 e. The van der Waals surface area contributed by atoms with E-state index in [0.717, 1.165) is 71.5 Å². The fraction of sp³-hybridized carbons (Fsp3) is 0.277. The standard InChI is InChI=1S/C35H38Cl2N8O4.C12H10N4O/c1-3-25(2)45-34(46)44(24-40-45)29-7-5-27(6-8-29)41-14-16-42(17-15-41)28-9-11-30(12-10-28)47-19-31-20-48-35(49-31,21-43-23-38-22-39-43)32-13-4-26(36)18-33(32)37;17-16-12-9(5-4-7-11(12)14-15-16)10-6-2-1-3-8-13-10/h4-13,18,22-25,31H,3,14-17,19-21H2,1-2H3;1-8,13,17H/t25-,31+,35+;/m1./s1. The third-order valence-electron chi connectivity index (χ3n) is 11.7. The van der Waals surface area contributed by atoms with Crippen LogP contribution < -0.4 is 25.5 Å². The SMILES string of the molecule is CC[C@@H](C)n1ncn(-c2ccc(N3CCN(c4ccc(OC[C@H]5CO[C@](Cn6cncn6)(c6ccc(Cl)cc6Cl)O5)cc4)CC3)cc2)c1=O.On1nnc2cccc(C3=CC=CC=CN3)c21. The van der Waals surface area contributed by atoms with Crippen LogP contribution in [0.4, 0.5) is 11.4 Å². The van der Waals surface area contributed by atoms with Gasteiger partial charge in [-0.3, -0.25) is 0 Å². The molecule has 2 fully saturated rings. The predicted molar refractivity (Wildman–Crippen MR) is 252 cm³/mol. The Morgan fingerprint density at radius 1 is 0.909 bits per heavy atom. The van der Waals surface area contributed by atoms with Crippen LogP contribution in [0.3, 0.4) is 0 Å². The molecule has 0 aliphatic carbocycles. The smallest absolute Gasteiger partial charge is 0.350 e. The lowest BCUT2D eigenvalue weighted by Crippen LogP contribution is -2.46. The minimum absolute atomic E-state index is 0.0645. The number of halogens is 2. The number of piperazine rings is 1. The fourth-order valence-corrected chi connectivity index (χ4v) is 8.59. The lowest BCUT2D eigenvalue weighted by Gasteiger charge is -2.37. The maximum atomic E-state index is 12.8. The van der Waals surface area contributed by atoms with E-state index in [2.05, 4.69) is 64.9 Å². The summed E-state index contributed by atoms with van der Waals surface area (Å²) in [6.07, 6.45) is 14.7. The number of allylic oxidation sites excluding steroid dienone is 4. The number of fused-ring (bicyclic) bond motifs is 1. The molecular weight excluding hydrogens is 884 g/mol. The summed E-state index contributed by atoms with van der Waals surface area (Å²) in [5.41, 5.74) is 6.63. The van der Waals surface area contributed by atoms with Gasteiger partial charge >= 0.3 is 5.69 Å². The van der Waals surface area contributed by atoms with Crippen molar-refractivity contribution in [3.8, 4) is 11.4 Å². The van der Waals surface area contributed by atoms with Gasteiger partial charge in [-0.25, -0.2) is 23.7 Å². The molecule has 0 bridgehead atoms. The quantitative estimate of drug-likeness (QED) is 0.118. The van der Waals surface area contributed by atoms with Crippen LogP contribution in [0, 0.1) is 0 Å². The number of ether oxygens (including phenoxy) is 3. The van der Waals surface area contributed by atoms with Crippen LogP contribution in [0.25, 0.3) is 22.4 Å². The van der Waals surface area contributed by atoms with Gasteiger partial charge in [0.25, 0.3) is 0 Å². The van der Waals surface area contributed by atoms with E-state index in [1.54, 1.807) is 34.0 Å². The van der Waals surface area contributed by atoms with E-state index in [1.807, 2.05) is 92.9 Å². The zero-order valence-electron chi connectivity index (χ0n) is 36.3. The van der Waals surface area contributed by atoms with Crippen molar-refractivity contribution in [2.24, 2.45) is 0 Å². The monoisotopic (exact) mass is 930 g/mol. The summed E-state index contributed by atoms with van der Waals surface area (Å²) in [6.45, 7) is 8.48. The molecule has 2 saturated heterocycles. The number of para-hydroxylation sites is 1. The summed E-state index contributed by atoms with van der Waals surface area (Å²) in [5, 5.41) is 29.8. The van der Waals surface area contributed by atoms with Crippen molar-refractivity contribution < 1.29 is 19.4 Å². The Morgan fingerprint density at radius 3 is 2.36 bits per heavy atom. The second kappa shape index (κ2) is 19.7. The van der Waals surface area contributed by atoms with Crippen LogP contribution in [-0.4, -0.2) is 95.0 Å². The average Bonchev–Trinajstić information content (AvgIpc) is 4.14. The van der Waals surface area contributed by atoms with Crippen LogP contribution in [0.1, 0.15) is 37.4 Å². The maximum Gasteiger partial charge on any atom is 0.350 e. The van der Waals surface area contributed by atoms with Gasteiger partial charge < -0.3 is 34.5 Å². The van der Waals surface area contributed by atoms with Crippen molar-refractivity contribution in [2.75, 3.05) is 49.2 Å². The molecule has 3 atom stereocenters. The number of benzene rings is 4. The summed E-state index contributed by atoms with van der Waals surface area (Å²) in [7, 11) is 0. The Hall–Kier alpha value is -6.92. The topological polar surface area (TPSA) is 168 Å². The number of rotatable bonds is 12. The maximum absolute atomic E-state index is 12.8. The molecule has 0 unspecified atom stereocenters. The highest BCUT2D eigenvalue weighted by molar-refractivity contribution is 6.35. The van der Waals surface area contributed by atoms with Gasteiger partial charge in [0.05, 0.1) is 23.4 Å². The van der Waals surface area contributed by atoms with E-state index in [-0.39, 0.29) is 24.4 Å². The minimum atomic E-state index is -1.16. The molecule has 0 amide bonds. The molecule has 6 heterocycles. The van der Waals surface area contributed by atoms with Crippen LogP contribution in [0.2, 0.25) is 10.0 Å². The van der Waals surface area contributed by atoms with Gasteiger partial charge in [0.15, 0.2) is 0 Å². The normalized spacial score (nSPS) is 18.7. The average molecular weight is 932 g/mol. The van der Waals surface area contributed by atoms with Crippen molar-refractivity contribution in [2.45, 2.75) is 44.7 Å². The molecule has 66 heavy (non-hydrogen) atoms. The van der Waals surface area contributed by atoms with Crippen molar-refractivity contribution in [3.63, 3.8) is 0 Å². The number of hydrogen-bond donors (Lipinski definition) is 2. The van der Waals surface area contributed by atoms with Crippen LogP contribution >= 0.6 is 23.2 Å². The van der Waals surface area contributed by atoms with Crippen molar-refractivity contribution in [1.29, 1.82) is 0 Å². The third-order valence-corrected chi connectivity index (χ3v) is 12.3. The summed E-state index contributed by atoms with van der Waals surface area (Å²) in [6, 6.07) is 27.2. The van der Waals surface area contributed by atoms with Crippen LogP contribution in [-0.2, 0) is 21.8 Å². The summed E-state index contributed by atoms with van der Waals surface area (Å²) in [5.74, 6) is -0.410. The molecule has 340 valence electrons. The molecule has 2 N–H and O–H groups in total. The van der Waals surface area contributed by atoms with Gasteiger partial charge in [0.1, 0.15) is 55.0 Å². The van der Waals surface area contributed by atoms with E-state index < -0.39 is 5.79 Å². The van der Waals surface area contributed by atoms with Crippen LogP contribution in [0.5, 0.6) is 5.75 Å². The summed E-state index contributed by atoms with van der Waals surface area (Å²) in [4.78, 5) is 22.4. The first-order chi connectivity index (χ1) is 32.2. The van der Waals surface area contributed by atoms with E-state index in [9.17, 15) is 10.0 Å². The highest BCUT2D eigenvalue weighted by Crippen LogP contribution is 2.40. The van der Waals surface area contributed by atoms with Gasteiger partial charge in [-0.15, -0.1) is 5.10 Å². The van der Waals surface area contributed by atoms with E-state index in [0.29, 0.717) is 39.9 Å². The highest BCUT2D eigenvalue weighted by Gasteiger charge is 2.45. The zero-order chi connectivity index (χ0) is 45.6. The van der Waals surface area contributed by atoms with Crippen LogP contribution in [0.15, 0.2) is 139 Å². The van der Waals surface area contributed by atoms with Gasteiger partial charge in [0, 0.05) is 65.6 Å². The Kier molecular flexibility index (Phi) is 13.2. The second-order valence-corrected chi connectivity index (χ2v) is 16.8. The Morgan fingerprint density at radius 2 is 1.65 bits per heavy atom. The molecule has 7 aromatic rings. The summed E-state index contributed by atoms with van der Waals surface area (Å²) < 4.78 is 23.7. The molecule has 4 aromatic carbocycles. The first kappa shape index (κ1) is 44.3.